The highest BCUT2D eigenvalue weighted by Gasteiger charge is 2.16. The Kier molecular flexibility index (Phi) is 5.30. The Morgan fingerprint density at radius 3 is 2.33 bits per heavy atom. The van der Waals surface area contributed by atoms with Crippen LogP contribution in [0.1, 0.15) is 13.8 Å². The number of carbonyl (C=O) groups excluding carboxylic acids is 1. The van der Waals surface area contributed by atoms with Crippen LogP contribution in [-0.2, 0) is 14.8 Å². The lowest BCUT2D eigenvalue weighted by atomic mass is 10.3. The van der Waals surface area contributed by atoms with Gasteiger partial charge < -0.3 is 4.90 Å². The minimum absolute atomic E-state index is 0.0300. The van der Waals surface area contributed by atoms with Gasteiger partial charge in [0.15, 0.2) is 0 Å². The molecule has 0 aromatic heterocycles. The van der Waals surface area contributed by atoms with Crippen molar-refractivity contribution in [1.82, 2.24) is 4.72 Å². The summed E-state index contributed by atoms with van der Waals surface area (Å²) in [5, 5.41) is 0. The third-order valence-corrected chi connectivity index (χ3v) is 3.85. The molecule has 0 heterocycles. The molecule has 100 valence electrons. The van der Waals surface area contributed by atoms with E-state index in [0.29, 0.717) is 6.54 Å². The van der Waals surface area contributed by atoms with Crippen molar-refractivity contribution in [3.05, 3.63) is 30.3 Å². The van der Waals surface area contributed by atoms with Crippen LogP contribution in [0.3, 0.4) is 0 Å². The SMILES string of the molecule is CCN(C(=O)CNS(=O)(=O)CC)c1ccccc1. The van der Waals surface area contributed by atoms with Crippen molar-refractivity contribution in [1.29, 1.82) is 0 Å². The van der Waals surface area contributed by atoms with Gasteiger partial charge in [-0.1, -0.05) is 18.2 Å². The molecule has 0 saturated heterocycles. The molecule has 0 radical (unpaired) electrons. The molecule has 6 heteroatoms. The molecule has 0 aliphatic rings. The topological polar surface area (TPSA) is 66.5 Å². The number of anilines is 1. The monoisotopic (exact) mass is 270 g/mol. The molecule has 0 aliphatic heterocycles. The Hall–Kier alpha value is -1.40. The summed E-state index contributed by atoms with van der Waals surface area (Å²) in [6.45, 7) is 3.66. The Bertz CT molecular complexity index is 485. The van der Waals surface area contributed by atoms with E-state index in [1.807, 2.05) is 37.3 Å². The van der Waals surface area contributed by atoms with Crippen molar-refractivity contribution < 1.29 is 13.2 Å². The number of amides is 1. The van der Waals surface area contributed by atoms with E-state index in [0.717, 1.165) is 5.69 Å². The fraction of sp³-hybridized carbons (Fsp3) is 0.417. The molecule has 5 nitrogen and oxygen atoms in total. The van der Waals surface area contributed by atoms with Crippen molar-refractivity contribution in [3.8, 4) is 0 Å². The van der Waals surface area contributed by atoms with E-state index in [-0.39, 0.29) is 18.2 Å². The minimum atomic E-state index is -3.34. The second-order valence-electron chi connectivity index (χ2n) is 3.70. The van der Waals surface area contributed by atoms with Crippen LogP contribution < -0.4 is 9.62 Å². The largest absolute Gasteiger partial charge is 0.312 e. The van der Waals surface area contributed by atoms with Crippen molar-refractivity contribution in [2.24, 2.45) is 0 Å². The summed E-state index contributed by atoms with van der Waals surface area (Å²) in [6.07, 6.45) is 0. The number of hydrogen-bond donors (Lipinski definition) is 1. The molecule has 1 N–H and O–H groups in total. The third kappa shape index (κ3) is 4.12. The van der Waals surface area contributed by atoms with Gasteiger partial charge in [-0.25, -0.2) is 13.1 Å². The number of hydrogen-bond acceptors (Lipinski definition) is 3. The van der Waals surface area contributed by atoms with Crippen LogP contribution in [0.4, 0.5) is 5.69 Å². The van der Waals surface area contributed by atoms with E-state index in [9.17, 15) is 13.2 Å². The van der Waals surface area contributed by atoms with Crippen LogP contribution in [0.15, 0.2) is 30.3 Å². The summed E-state index contributed by atoms with van der Waals surface area (Å²) in [6, 6.07) is 9.16. The van der Waals surface area contributed by atoms with Gasteiger partial charge in [-0.3, -0.25) is 4.79 Å². The standard InChI is InChI=1S/C12H18N2O3S/c1-3-14(11-8-6-5-7-9-11)12(15)10-13-18(16,17)4-2/h5-9,13H,3-4,10H2,1-2H3. The highest BCUT2D eigenvalue weighted by atomic mass is 32.2. The number of rotatable bonds is 6. The smallest absolute Gasteiger partial charge is 0.242 e. The quantitative estimate of drug-likeness (QED) is 0.838. The molecule has 1 aromatic rings. The maximum Gasteiger partial charge on any atom is 0.242 e. The normalized spacial score (nSPS) is 11.2. The van der Waals surface area contributed by atoms with Gasteiger partial charge in [-0.2, -0.15) is 0 Å². The molecule has 1 amide bonds. The molecule has 0 aliphatic carbocycles. The molecule has 0 spiro atoms. The Morgan fingerprint density at radius 1 is 1.22 bits per heavy atom. The van der Waals surface area contributed by atoms with E-state index in [2.05, 4.69) is 4.72 Å². The van der Waals surface area contributed by atoms with Gasteiger partial charge >= 0.3 is 0 Å². The average Bonchev–Trinajstić information content (AvgIpc) is 2.39. The first-order valence-corrected chi connectivity index (χ1v) is 7.48. The summed E-state index contributed by atoms with van der Waals surface area (Å²) in [4.78, 5) is 13.5. The molecule has 1 rings (SSSR count). The Balaban J connectivity index is 2.70. The third-order valence-electron chi connectivity index (χ3n) is 2.51. The molecule has 1 aromatic carbocycles. The van der Waals surface area contributed by atoms with Gasteiger partial charge in [0, 0.05) is 12.2 Å². The van der Waals surface area contributed by atoms with E-state index in [1.54, 1.807) is 0 Å². The molecule has 0 fully saturated rings. The summed E-state index contributed by atoms with van der Waals surface area (Å²) in [7, 11) is -3.34. The highest BCUT2D eigenvalue weighted by Crippen LogP contribution is 2.12. The van der Waals surface area contributed by atoms with Crippen molar-refractivity contribution in [2.45, 2.75) is 13.8 Å². The zero-order valence-corrected chi connectivity index (χ0v) is 11.4. The summed E-state index contributed by atoms with van der Waals surface area (Å²) in [5.74, 6) is -0.293. The maximum absolute atomic E-state index is 11.9. The van der Waals surface area contributed by atoms with Gasteiger partial charge in [0.05, 0.1) is 12.3 Å². The van der Waals surface area contributed by atoms with Crippen molar-refractivity contribution >= 4 is 21.6 Å². The predicted molar refractivity (Wildman–Crippen MR) is 71.9 cm³/mol. The molecule has 0 unspecified atom stereocenters. The number of para-hydroxylation sites is 1. The lowest BCUT2D eigenvalue weighted by molar-refractivity contribution is -0.117. The first-order valence-electron chi connectivity index (χ1n) is 5.83. The summed E-state index contributed by atoms with van der Waals surface area (Å²) < 4.78 is 24.8. The first kappa shape index (κ1) is 14.7. The number of likely N-dealkylation sites (N-methyl/N-ethyl adjacent to an activating group) is 1. The number of benzene rings is 1. The van der Waals surface area contributed by atoms with Crippen LogP contribution in [0, 0.1) is 0 Å². The molecule has 0 bridgehead atoms. The fourth-order valence-electron chi connectivity index (χ4n) is 1.48. The van der Waals surface area contributed by atoms with Crippen LogP contribution in [0.5, 0.6) is 0 Å². The van der Waals surface area contributed by atoms with Gasteiger partial charge in [-0.15, -0.1) is 0 Å². The summed E-state index contributed by atoms with van der Waals surface area (Å²) in [5.41, 5.74) is 0.765. The second-order valence-corrected chi connectivity index (χ2v) is 5.79. The van der Waals surface area contributed by atoms with Crippen molar-refractivity contribution in [3.63, 3.8) is 0 Å². The lowest BCUT2D eigenvalue weighted by Gasteiger charge is -2.21. The number of sulfonamides is 1. The number of carbonyl (C=O) groups is 1. The van der Waals surface area contributed by atoms with E-state index >= 15 is 0 Å². The second kappa shape index (κ2) is 6.51. The van der Waals surface area contributed by atoms with Crippen LogP contribution in [0.2, 0.25) is 0 Å². The average molecular weight is 270 g/mol. The lowest BCUT2D eigenvalue weighted by Crippen LogP contribution is -2.40. The van der Waals surface area contributed by atoms with Gasteiger partial charge in [0.25, 0.3) is 0 Å². The van der Waals surface area contributed by atoms with Crippen LogP contribution >= 0.6 is 0 Å². The zero-order valence-electron chi connectivity index (χ0n) is 10.6. The van der Waals surface area contributed by atoms with E-state index in [4.69, 9.17) is 0 Å². The highest BCUT2D eigenvalue weighted by molar-refractivity contribution is 7.89. The minimum Gasteiger partial charge on any atom is -0.312 e. The Labute approximate surface area is 108 Å². The molecule has 0 atom stereocenters. The van der Waals surface area contributed by atoms with E-state index < -0.39 is 10.0 Å². The van der Waals surface area contributed by atoms with Crippen LogP contribution in [-0.4, -0.2) is 33.2 Å². The fourth-order valence-corrected chi connectivity index (χ4v) is 2.03. The predicted octanol–water partition coefficient (Wildman–Crippen LogP) is 0.979. The number of nitrogens with zero attached hydrogens (tertiary/aromatic N) is 1. The summed E-state index contributed by atoms with van der Waals surface area (Å²) >= 11 is 0. The molecular weight excluding hydrogens is 252 g/mol. The number of nitrogens with one attached hydrogen (secondary N) is 1. The zero-order chi connectivity index (χ0) is 13.6. The first-order chi connectivity index (χ1) is 8.50. The van der Waals surface area contributed by atoms with Crippen LogP contribution in [0.25, 0.3) is 0 Å². The maximum atomic E-state index is 11.9. The molecule has 18 heavy (non-hydrogen) atoms. The van der Waals surface area contributed by atoms with Gasteiger partial charge in [0.1, 0.15) is 0 Å². The van der Waals surface area contributed by atoms with E-state index in [1.165, 1.54) is 11.8 Å². The molecule has 0 saturated carbocycles. The Morgan fingerprint density at radius 2 is 1.83 bits per heavy atom. The van der Waals surface area contributed by atoms with Gasteiger partial charge in [0.2, 0.25) is 15.9 Å². The van der Waals surface area contributed by atoms with Crippen molar-refractivity contribution in [2.75, 3.05) is 23.7 Å². The van der Waals surface area contributed by atoms with Gasteiger partial charge in [-0.05, 0) is 26.0 Å². The molecular formula is C12H18N2O3S.